The van der Waals surface area contributed by atoms with E-state index in [-0.39, 0.29) is 23.7 Å². The molecule has 0 spiro atoms. The summed E-state index contributed by atoms with van der Waals surface area (Å²) in [5, 5.41) is 0. The second kappa shape index (κ2) is 5.91. The molecule has 5 heteroatoms. The average Bonchev–Trinajstić information content (AvgIpc) is 3.14. The summed E-state index contributed by atoms with van der Waals surface area (Å²) < 4.78 is 9.98. The molecule has 19 heavy (non-hydrogen) atoms. The summed E-state index contributed by atoms with van der Waals surface area (Å²) in [5.74, 6) is 0.328. The Hall–Kier alpha value is -1.78. The van der Waals surface area contributed by atoms with Gasteiger partial charge in [0.1, 0.15) is 5.76 Å². The van der Waals surface area contributed by atoms with E-state index in [9.17, 15) is 9.59 Å². The first-order chi connectivity index (χ1) is 9.11. The SMILES string of the molecule is COC(=O)C(C)CN(Cc1ccco1)C(=O)C1CC1. The smallest absolute Gasteiger partial charge is 0.310 e. The summed E-state index contributed by atoms with van der Waals surface area (Å²) in [4.78, 5) is 25.4. The molecular weight excluding hydrogens is 246 g/mol. The van der Waals surface area contributed by atoms with Gasteiger partial charge < -0.3 is 14.1 Å². The Morgan fingerprint density at radius 2 is 2.26 bits per heavy atom. The molecule has 1 aromatic rings. The number of ether oxygens (including phenoxy) is 1. The third-order valence-corrected chi connectivity index (χ3v) is 3.26. The zero-order chi connectivity index (χ0) is 13.8. The Morgan fingerprint density at radius 1 is 1.53 bits per heavy atom. The van der Waals surface area contributed by atoms with Crippen molar-refractivity contribution in [3.63, 3.8) is 0 Å². The molecule has 1 aliphatic carbocycles. The highest BCUT2D eigenvalue weighted by atomic mass is 16.5. The van der Waals surface area contributed by atoms with Crippen LogP contribution in [0, 0.1) is 11.8 Å². The Kier molecular flexibility index (Phi) is 4.24. The van der Waals surface area contributed by atoms with Crippen LogP contribution in [0.3, 0.4) is 0 Å². The fourth-order valence-corrected chi connectivity index (χ4v) is 2.02. The molecule has 0 aliphatic heterocycles. The third kappa shape index (κ3) is 3.59. The number of carbonyl (C=O) groups is 2. The Labute approximate surface area is 112 Å². The summed E-state index contributed by atoms with van der Waals surface area (Å²) >= 11 is 0. The van der Waals surface area contributed by atoms with E-state index in [2.05, 4.69) is 0 Å². The third-order valence-electron chi connectivity index (χ3n) is 3.26. The minimum Gasteiger partial charge on any atom is -0.469 e. The lowest BCUT2D eigenvalue weighted by Gasteiger charge is -2.24. The van der Waals surface area contributed by atoms with E-state index in [1.807, 2.05) is 6.07 Å². The number of methoxy groups -OCH3 is 1. The van der Waals surface area contributed by atoms with Crippen LogP contribution in [0.2, 0.25) is 0 Å². The lowest BCUT2D eigenvalue weighted by molar-refractivity contribution is -0.146. The van der Waals surface area contributed by atoms with Gasteiger partial charge in [-0.1, -0.05) is 6.92 Å². The van der Waals surface area contributed by atoms with E-state index in [0.717, 1.165) is 18.6 Å². The molecule has 0 bridgehead atoms. The molecule has 0 N–H and O–H groups in total. The quantitative estimate of drug-likeness (QED) is 0.736. The standard InChI is InChI=1S/C14H19NO4/c1-10(14(17)18-2)8-15(13(16)11-5-6-11)9-12-4-3-7-19-12/h3-4,7,10-11H,5-6,8-9H2,1-2H3. The largest absolute Gasteiger partial charge is 0.469 e. The lowest BCUT2D eigenvalue weighted by atomic mass is 10.1. The molecule has 1 heterocycles. The molecule has 0 aromatic carbocycles. The summed E-state index contributed by atoms with van der Waals surface area (Å²) in [6.45, 7) is 2.54. The van der Waals surface area contributed by atoms with Crippen molar-refractivity contribution < 1.29 is 18.7 Å². The fourth-order valence-electron chi connectivity index (χ4n) is 2.02. The van der Waals surface area contributed by atoms with Gasteiger partial charge in [0.2, 0.25) is 5.91 Å². The molecule has 1 amide bonds. The zero-order valence-electron chi connectivity index (χ0n) is 11.3. The monoisotopic (exact) mass is 265 g/mol. The molecule has 1 atom stereocenters. The highest BCUT2D eigenvalue weighted by molar-refractivity contribution is 5.81. The summed E-state index contributed by atoms with van der Waals surface area (Å²) in [6, 6.07) is 3.62. The maximum atomic E-state index is 12.2. The van der Waals surface area contributed by atoms with Crippen molar-refractivity contribution in [1.82, 2.24) is 4.90 Å². The van der Waals surface area contributed by atoms with Crippen LogP contribution in [0.1, 0.15) is 25.5 Å². The van der Waals surface area contributed by atoms with Crippen LogP contribution in [-0.4, -0.2) is 30.4 Å². The van der Waals surface area contributed by atoms with Crippen LogP contribution in [0.15, 0.2) is 22.8 Å². The number of carbonyl (C=O) groups excluding carboxylic acids is 2. The summed E-state index contributed by atoms with van der Waals surface area (Å²) in [6.07, 6.45) is 3.47. The van der Waals surface area contributed by atoms with Crippen molar-refractivity contribution in [2.24, 2.45) is 11.8 Å². The second-order valence-corrected chi connectivity index (χ2v) is 5.00. The van der Waals surface area contributed by atoms with Gasteiger partial charge in [0.15, 0.2) is 0 Å². The second-order valence-electron chi connectivity index (χ2n) is 5.00. The van der Waals surface area contributed by atoms with Gasteiger partial charge in [-0.2, -0.15) is 0 Å². The fraction of sp³-hybridized carbons (Fsp3) is 0.571. The number of hydrogen-bond donors (Lipinski definition) is 0. The molecule has 1 fully saturated rings. The lowest BCUT2D eigenvalue weighted by Crippen LogP contribution is -2.37. The average molecular weight is 265 g/mol. The molecule has 0 saturated heterocycles. The van der Waals surface area contributed by atoms with Crippen LogP contribution < -0.4 is 0 Å². The van der Waals surface area contributed by atoms with Crippen molar-refractivity contribution in [2.75, 3.05) is 13.7 Å². The number of hydrogen-bond acceptors (Lipinski definition) is 4. The minimum atomic E-state index is -0.331. The predicted molar refractivity (Wildman–Crippen MR) is 68.0 cm³/mol. The Balaban J connectivity index is 2.01. The van der Waals surface area contributed by atoms with E-state index in [1.54, 1.807) is 24.2 Å². The highest BCUT2D eigenvalue weighted by Gasteiger charge is 2.34. The number of amides is 1. The van der Waals surface area contributed by atoms with Crippen molar-refractivity contribution in [1.29, 1.82) is 0 Å². The van der Waals surface area contributed by atoms with E-state index in [1.165, 1.54) is 7.11 Å². The zero-order valence-corrected chi connectivity index (χ0v) is 11.3. The van der Waals surface area contributed by atoms with E-state index in [4.69, 9.17) is 9.15 Å². The summed E-state index contributed by atoms with van der Waals surface area (Å²) in [7, 11) is 1.36. The minimum absolute atomic E-state index is 0.104. The molecular formula is C14H19NO4. The van der Waals surface area contributed by atoms with Crippen molar-refractivity contribution >= 4 is 11.9 Å². The van der Waals surface area contributed by atoms with Crippen molar-refractivity contribution in [3.05, 3.63) is 24.2 Å². The van der Waals surface area contributed by atoms with Crippen LogP contribution in [0.5, 0.6) is 0 Å². The molecule has 1 unspecified atom stereocenters. The van der Waals surface area contributed by atoms with E-state index >= 15 is 0 Å². The van der Waals surface area contributed by atoms with Gasteiger partial charge in [0.25, 0.3) is 0 Å². The predicted octanol–water partition coefficient (Wildman–Crippen LogP) is 1.83. The number of furan rings is 1. The van der Waals surface area contributed by atoms with Crippen molar-refractivity contribution in [2.45, 2.75) is 26.3 Å². The first kappa shape index (κ1) is 13.6. The number of rotatable bonds is 6. The van der Waals surface area contributed by atoms with Gasteiger partial charge >= 0.3 is 5.97 Å². The normalized spacial score (nSPS) is 15.9. The maximum absolute atomic E-state index is 12.2. The first-order valence-electron chi connectivity index (χ1n) is 6.50. The molecule has 1 aliphatic rings. The van der Waals surface area contributed by atoms with Crippen LogP contribution in [-0.2, 0) is 20.9 Å². The Bertz CT molecular complexity index is 436. The number of nitrogens with zero attached hydrogens (tertiary/aromatic N) is 1. The Morgan fingerprint density at radius 3 is 2.79 bits per heavy atom. The van der Waals surface area contributed by atoms with Crippen LogP contribution in [0.25, 0.3) is 0 Å². The molecule has 0 radical (unpaired) electrons. The van der Waals surface area contributed by atoms with Gasteiger partial charge in [-0.3, -0.25) is 9.59 Å². The molecule has 1 saturated carbocycles. The highest BCUT2D eigenvalue weighted by Crippen LogP contribution is 2.31. The number of esters is 1. The van der Waals surface area contributed by atoms with Gasteiger partial charge in [0.05, 0.1) is 25.8 Å². The van der Waals surface area contributed by atoms with Crippen LogP contribution >= 0.6 is 0 Å². The molecule has 5 nitrogen and oxygen atoms in total. The van der Waals surface area contributed by atoms with Gasteiger partial charge in [-0.05, 0) is 25.0 Å². The summed E-state index contributed by atoms with van der Waals surface area (Å²) in [5.41, 5.74) is 0. The molecule has 104 valence electrons. The van der Waals surface area contributed by atoms with Gasteiger partial charge in [0, 0.05) is 12.5 Å². The first-order valence-corrected chi connectivity index (χ1v) is 6.50. The van der Waals surface area contributed by atoms with Crippen molar-refractivity contribution in [3.8, 4) is 0 Å². The van der Waals surface area contributed by atoms with Gasteiger partial charge in [-0.15, -0.1) is 0 Å². The molecule has 1 aromatic heterocycles. The van der Waals surface area contributed by atoms with Gasteiger partial charge in [-0.25, -0.2) is 0 Å². The van der Waals surface area contributed by atoms with E-state index < -0.39 is 0 Å². The van der Waals surface area contributed by atoms with E-state index in [0.29, 0.717) is 13.1 Å². The molecule has 2 rings (SSSR count). The topological polar surface area (TPSA) is 59.8 Å². The van der Waals surface area contributed by atoms with Crippen LogP contribution in [0.4, 0.5) is 0 Å². The maximum Gasteiger partial charge on any atom is 0.310 e.